The van der Waals surface area contributed by atoms with E-state index >= 15 is 0 Å². The second-order valence-corrected chi connectivity index (χ2v) is 5.40. The summed E-state index contributed by atoms with van der Waals surface area (Å²) in [4.78, 5) is 0. The number of nitrogens with one attached hydrogen (secondary N) is 1. The zero-order chi connectivity index (χ0) is 13.5. The molecular formula is C17H35N. The molecule has 0 aromatic carbocycles. The van der Waals surface area contributed by atoms with Gasteiger partial charge < -0.3 is 5.32 Å². The molecule has 0 rings (SSSR count). The van der Waals surface area contributed by atoms with Gasteiger partial charge in [0.2, 0.25) is 0 Å². The van der Waals surface area contributed by atoms with Gasteiger partial charge in [-0.2, -0.15) is 0 Å². The van der Waals surface area contributed by atoms with Gasteiger partial charge in [-0.25, -0.2) is 0 Å². The van der Waals surface area contributed by atoms with Crippen LogP contribution in [0.25, 0.3) is 0 Å². The molecule has 0 saturated heterocycles. The Morgan fingerprint density at radius 1 is 0.889 bits per heavy atom. The van der Waals surface area contributed by atoms with E-state index in [4.69, 9.17) is 0 Å². The Bertz CT molecular complexity index is 165. The lowest BCUT2D eigenvalue weighted by atomic mass is 10.0. The molecule has 0 aromatic rings. The molecule has 1 nitrogen and oxygen atoms in total. The van der Waals surface area contributed by atoms with Crippen LogP contribution >= 0.6 is 0 Å². The Morgan fingerprint density at radius 2 is 1.44 bits per heavy atom. The second-order valence-electron chi connectivity index (χ2n) is 5.40. The van der Waals surface area contributed by atoms with Crippen LogP contribution in [0.4, 0.5) is 0 Å². The maximum atomic E-state index is 3.84. The fraction of sp³-hybridized carbons (Fsp3) is 0.882. The molecule has 1 N–H and O–H groups in total. The Hall–Kier alpha value is -0.300. The van der Waals surface area contributed by atoms with Crippen molar-refractivity contribution in [1.29, 1.82) is 0 Å². The fourth-order valence-corrected chi connectivity index (χ4v) is 2.49. The molecule has 0 heterocycles. The minimum atomic E-state index is 0.664. The Kier molecular flexibility index (Phi) is 14.5. The lowest BCUT2D eigenvalue weighted by Gasteiger charge is -2.15. The van der Waals surface area contributed by atoms with E-state index in [1.165, 1.54) is 64.2 Å². The SMILES string of the molecule is C=CCC(CCCCCCCCCCC)NCC. The Labute approximate surface area is 115 Å². The van der Waals surface area contributed by atoms with Crippen LogP contribution in [0.15, 0.2) is 12.7 Å². The van der Waals surface area contributed by atoms with Crippen LogP contribution in [-0.4, -0.2) is 12.6 Å². The maximum Gasteiger partial charge on any atom is 0.0101 e. The van der Waals surface area contributed by atoms with E-state index in [9.17, 15) is 0 Å². The van der Waals surface area contributed by atoms with Crippen LogP contribution < -0.4 is 5.32 Å². The molecule has 0 aliphatic carbocycles. The quantitative estimate of drug-likeness (QED) is 0.320. The molecule has 0 fully saturated rings. The normalized spacial score (nSPS) is 12.6. The van der Waals surface area contributed by atoms with Gasteiger partial charge in [0.1, 0.15) is 0 Å². The van der Waals surface area contributed by atoms with Crippen LogP contribution in [0.2, 0.25) is 0 Å². The molecule has 1 unspecified atom stereocenters. The third-order valence-electron chi connectivity index (χ3n) is 3.60. The Morgan fingerprint density at radius 3 is 1.94 bits per heavy atom. The van der Waals surface area contributed by atoms with E-state index in [1.807, 2.05) is 6.08 Å². The highest BCUT2D eigenvalue weighted by atomic mass is 14.9. The third kappa shape index (κ3) is 12.2. The van der Waals surface area contributed by atoms with E-state index in [2.05, 4.69) is 25.7 Å². The van der Waals surface area contributed by atoms with Crippen molar-refractivity contribution in [2.45, 2.75) is 90.5 Å². The number of unbranched alkanes of at least 4 members (excludes halogenated alkanes) is 8. The predicted molar refractivity (Wildman–Crippen MR) is 84.1 cm³/mol. The van der Waals surface area contributed by atoms with E-state index in [-0.39, 0.29) is 0 Å². The minimum absolute atomic E-state index is 0.664. The van der Waals surface area contributed by atoms with E-state index in [0.717, 1.165) is 13.0 Å². The summed E-state index contributed by atoms with van der Waals surface area (Å²) in [7, 11) is 0. The summed E-state index contributed by atoms with van der Waals surface area (Å²) in [5.41, 5.74) is 0. The zero-order valence-electron chi connectivity index (χ0n) is 12.8. The Balaban J connectivity index is 3.24. The molecule has 1 atom stereocenters. The highest BCUT2D eigenvalue weighted by Gasteiger charge is 2.03. The van der Waals surface area contributed by atoms with E-state index in [1.54, 1.807) is 0 Å². The summed E-state index contributed by atoms with van der Waals surface area (Å²) in [5, 5.41) is 3.54. The lowest BCUT2D eigenvalue weighted by Crippen LogP contribution is -2.28. The molecule has 108 valence electrons. The van der Waals surface area contributed by atoms with Gasteiger partial charge in [0.25, 0.3) is 0 Å². The van der Waals surface area contributed by atoms with Gasteiger partial charge in [-0.1, -0.05) is 77.7 Å². The summed E-state index contributed by atoms with van der Waals surface area (Å²) < 4.78 is 0. The van der Waals surface area contributed by atoms with Crippen LogP contribution in [0, 0.1) is 0 Å². The predicted octanol–water partition coefficient (Wildman–Crippen LogP) is 5.46. The standard InChI is InChI=1S/C17H35N/c1-4-7-8-9-10-11-12-13-14-16-17(15-5-2)18-6-3/h5,17-18H,2,4,6-16H2,1,3H3. The molecule has 0 amide bonds. The molecule has 0 saturated carbocycles. The van der Waals surface area contributed by atoms with Crippen molar-refractivity contribution in [3.8, 4) is 0 Å². The number of hydrogen-bond acceptors (Lipinski definition) is 1. The average molecular weight is 253 g/mol. The monoisotopic (exact) mass is 253 g/mol. The molecule has 0 aromatic heterocycles. The van der Waals surface area contributed by atoms with Crippen molar-refractivity contribution in [3.05, 3.63) is 12.7 Å². The molecule has 0 bridgehead atoms. The summed E-state index contributed by atoms with van der Waals surface area (Å²) in [5.74, 6) is 0. The van der Waals surface area contributed by atoms with Gasteiger partial charge in [0.15, 0.2) is 0 Å². The number of hydrogen-bond donors (Lipinski definition) is 1. The summed E-state index contributed by atoms with van der Waals surface area (Å²) in [6.07, 6.45) is 17.2. The molecule has 0 spiro atoms. The highest BCUT2D eigenvalue weighted by Crippen LogP contribution is 2.12. The van der Waals surface area contributed by atoms with Gasteiger partial charge in [-0.3, -0.25) is 0 Å². The van der Waals surface area contributed by atoms with Crippen LogP contribution in [-0.2, 0) is 0 Å². The van der Waals surface area contributed by atoms with Crippen LogP contribution in [0.1, 0.15) is 84.5 Å². The topological polar surface area (TPSA) is 12.0 Å². The van der Waals surface area contributed by atoms with Gasteiger partial charge in [0.05, 0.1) is 0 Å². The molecule has 0 aliphatic heterocycles. The van der Waals surface area contributed by atoms with Crippen LogP contribution in [0.3, 0.4) is 0 Å². The summed E-state index contributed by atoms with van der Waals surface area (Å²) >= 11 is 0. The maximum absolute atomic E-state index is 3.84. The van der Waals surface area contributed by atoms with Crippen molar-refractivity contribution in [2.24, 2.45) is 0 Å². The molecular weight excluding hydrogens is 218 g/mol. The van der Waals surface area contributed by atoms with Crippen molar-refractivity contribution in [2.75, 3.05) is 6.54 Å². The van der Waals surface area contributed by atoms with Gasteiger partial charge in [-0.15, -0.1) is 6.58 Å². The highest BCUT2D eigenvalue weighted by molar-refractivity contribution is 4.77. The van der Waals surface area contributed by atoms with Crippen molar-refractivity contribution in [1.82, 2.24) is 5.32 Å². The molecule has 0 aliphatic rings. The van der Waals surface area contributed by atoms with Gasteiger partial charge >= 0.3 is 0 Å². The summed E-state index contributed by atoms with van der Waals surface area (Å²) in [6.45, 7) is 9.38. The molecule has 18 heavy (non-hydrogen) atoms. The zero-order valence-corrected chi connectivity index (χ0v) is 12.8. The number of rotatable bonds is 14. The lowest BCUT2D eigenvalue weighted by molar-refractivity contribution is 0.463. The van der Waals surface area contributed by atoms with E-state index in [0.29, 0.717) is 6.04 Å². The molecule has 1 heteroatoms. The van der Waals surface area contributed by atoms with E-state index < -0.39 is 0 Å². The van der Waals surface area contributed by atoms with Gasteiger partial charge in [0, 0.05) is 6.04 Å². The first-order valence-corrected chi connectivity index (χ1v) is 8.19. The fourth-order valence-electron chi connectivity index (χ4n) is 2.49. The van der Waals surface area contributed by atoms with Crippen molar-refractivity contribution >= 4 is 0 Å². The minimum Gasteiger partial charge on any atom is -0.314 e. The smallest absolute Gasteiger partial charge is 0.0101 e. The first-order valence-electron chi connectivity index (χ1n) is 8.19. The van der Waals surface area contributed by atoms with Crippen LogP contribution in [0.5, 0.6) is 0 Å². The largest absolute Gasteiger partial charge is 0.314 e. The van der Waals surface area contributed by atoms with Crippen molar-refractivity contribution < 1.29 is 0 Å². The second kappa shape index (κ2) is 14.8. The van der Waals surface area contributed by atoms with Gasteiger partial charge in [-0.05, 0) is 19.4 Å². The first-order chi connectivity index (χ1) is 8.85. The summed E-state index contributed by atoms with van der Waals surface area (Å²) in [6, 6.07) is 0.664. The van der Waals surface area contributed by atoms with Crippen molar-refractivity contribution in [3.63, 3.8) is 0 Å². The molecule has 0 radical (unpaired) electrons. The third-order valence-corrected chi connectivity index (χ3v) is 3.60. The average Bonchev–Trinajstić information content (AvgIpc) is 2.37. The first kappa shape index (κ1) is 17.7.